The van der Waals surface area contributed by atoms with Crippen LogP contribution in [0.15, 0.2) is 12.4 Å². The van der Waals surface area contributed by atoms with Crippen LogP contribution >= 0.6 is 0 Å². The average Bonchev–Trinajstić information content (AvgIpc) is 2.78. The van der Waals surface area contributed by atoms with E-state index in [1.54, 1.807) is 0 Å². The third-order valence-electron chi connectivity index (χ3n) is 3.89. The summed E-state index contributed by atoms with van der Waals surface area (Å²) >= 11 is 0. The fourth-order valence-electron chi connectivity index (χ4n) is 2.51. The van der Waals surface area contributed by atoms with Crippen LogP contribution in [0.25, 0.3) is 0 Å². The SMILES string of the molecule is CC(C)(C)c1cnn(C2CCC(C(=O)O)CC2)c1. The second-order valence-electron chi connectivity index (χ2n) is 6.30. The van der Waals surface area contributed by atoms with Gasteiger partial charge in [-0.1, -0.05) is 20.8 Å². The van der Waals surface area contributed by atoms with Gasteiger partial charge in [-0.3, -0.25) is 9.48 Å². The van der Waals surface area contributed by atoms with Gasteiger partial charge in [0, 0.05) is 6.20 Å². The molecule has 18 heavy (non-hydrogen) atoms. The van der Waals surface area contributed by atoms with Crippen LogP contribution in [0.1, 0.15) is 58.1 Å². The highest BCUT2D eigenvalue weighted by atomic mass is 16.4. The molecule has 1 heterocycles. The average molecular weight is 250 g/mol. The highest BCUT2D eigenvalue weighted by molar-refractivity contribution is 5.70. The maximum absolute atomic E-state index is 10.9. The van der Waals surface area contributed by atoms with Crippen LogP contribution in [0, 0.1) is 5.92 Å². The summed E-state index contributed by atoms with van der Waals surface area (Å²) in [6.07, 6.45) is 7.43. The summed E-state index contributed by atoms with van der Waals surface area (Å²) in [5, 5.41) is 13.4. The van der Waals surface area contributed by atoms with E-state index in [1.165, 1.54) is 5.56 Å². The van der Waals surface area contributed by atoms with Gasteiger partial charge in [-0.05, 0) is 36.7 Å². The van der Waals surface area contributed by atoms with Crippen LogP contribution in [-0.4, -0.2) is 20.9 Å². The van der Waals surface area contributed by atoms with Crippen molar-refractivity contribution in [2.24, 2.45) is 5.92 Å². The van der Waals surface area contributed by atoms with Gasteiger partial charge >= 0.3 is 5.97 Å². The number of rotatable bonds is 2. The molecule has 4 nitrogen and oxygen atoms in total. The molecule has 0 unspecified atom stereocenters. The Balaban J connectivity index is 2.02. The lowest BCUT2D eigenvalue weighted by Crippen LogP contribution is -2.23. The lowest BCUT2D eigenvalue weighted by molar-refractivity contribution is -0.143. The molecule has 0 amide bonds. The van der Waals surface area contributed by atoms with Crippen LogP contribution in [0.4, 0.5) is 0 Å². The van der Waals surface area contributed by atoms with Gasteiger partial charge < -0.3 is 5.11 Å². The molecule has 1 aromatic rings. The number of nitrogens with zero attached hydrogens (tertiary/aromatic N) is 2. The van der Waals surface area contributed by atoms with E-state index in [1.807, 2.05) is 10.9 Å². The predicted molar refractivity (Wildman–Crippen MR) is 69.6 cm³/mol. The highest BCUT2D eigenvalue weighted by Gasteiger charge is 2.27. The quantitative estimate of drug-likeness (QED) is 0.877. The fourth-order valence-corrected chi connectivity index (χ4v) is 2.51. The smallest absolute Gasteiger partial charge is 0.306 e. The van der Waals surface area contributed by atoms with Crippen molar-refractivity contribution >= 4 is 5.97 Å². The monoisotopic (exact) mass is 250 g/mol. The van der Waals surface area contributed by atoms with Gasteiger partial charge in [0.25, 0.3) is 0 Å². The van der Waals surface area contributed by atoms with E-state index in [4.69, 9.17) is 5.11 Å². The Hall–Kier alpha value is -1.32. The normalized spacial score (nSPS) is 25.1. The van der Waals surface area contributed by atoms with Crippen LogP contribution in [0.3, 0.4) is 0 Å². The van der Waals surface area contributed by atoms with E-state index in [2.05, 4.69) is 32.1 Å². The largest absolute Gasteiger partial charge is 0.481 e. The van der Waals surface area contributed by atoms with E-state index < -0.39 is 5.97 Å². The molecule has 1 aliphatic rings. The van der Waals surface area contributed by atoms with E-state index in [9.17, 15) is 4.79 Å². The molecule has 0 spiro atoms. The molecule has 1 saturated carbocycles. The molecule has 1 aliphatic carbocycles. The standard InChI is InChI=1S/C14H22N2O2/c1-14(2,3)11-8-15-16(9-11)12-6-4-10(5-7-12)13(17)18/h8-10,12H,4-7H2,1-3H3,(H,17,18). The van der Waals surface area contributed by atoms with Gasteiger partial charge in [0.2, 0.25) is 0 Å². The molecule has 2 rings (SSSR count). The van der Waals surface area contributed by atoms with E-state index >= 15 is 0 Å². The summed E-state index contributed by atoms with van der Waals surface area (Å²) in [6.45, 7) is 6.53. The first kappa shape index (κ1) is 13.1. The maximum atomic E-state index is 10.9. The lowest BCUT2D eigenvalue weighted by Gasteiger charge is -2.26. The molecule has 1 N–H and O–H groups in total. The van der Waals surface area contributed by atoms with Crippen molar-refractivity contribution in [3.8, 4) is 0 Å². The van der Waals surface area contributed by atoms with Crippen LogP contribution < -0.4 is 0 Å². The summed E-state index contributed by atoms with van der Waals surface area (Å²) in [7, 11) is 0. The van der Waals surface area contributed by atoms with Crippen LogP contribution in [-0.2, 0) is 10.2 Å². The number of aliphatic carboxylic acids is 1. The molecular weight excluding hydrogens is 228 g/mol. The fraction of sp³-hybridized carbons (Fsp3) is 0.714. The molecule has 0 aliphatic heterocycles. The number of hydrogen-bond donors (Lipinski definition) is 1. The zero-order valence-electron chi connectivity index (χ0n) is 11.4. The van der Waals surface area contributed by atoms with Crippen molar-refractivity contribution in [1.82, 2.24) is 9.78 Å². The van der Waals surface area contributed by atoms with Gasteiger partial charge in [0.05, 0.1) is 18.2 Å². The molecule has 0 aromatic carbocycles. The Bertz CT molecular complexity index is 423. The summed E-state index contributed by atoms with van der Waals surface area (Å²) in [5.74, 6) is -0.803. The zero-order chi connectivity index (χ0) is 13.3. The Kier molecular flexibility index (Phi) is 3.46. The van der Waals surface area contributed by atoms with Gasteiger partial charge in [-0.2, -0.15) is 5.10 Å². The van der Waals surface area contributed by atoms with Crippen molar-refractivity contribution in [2.75, 3.05) is 0 Å². The summed E-state index contributed by atoms with van der Waals surface area (Å²) in [6, 6.07) is 0.372. The summed E-state index contributed by atoms with van der Waals surface area (Å²) in [5.41, 5.74) is 1.36. The topological polar surface area (TPSA) is 55.1 Å². The molecule has 1 aromatic heterocycles. The van der Waals surface area contributed by atoms with Gasteiger partial charge in [0.15, 0.2) is 0 Å². The Morgan fingerprint density at radius 1 is 1.33 bits per heavy atom. The summed E-state index contributed by atoms with van der Waals surface area (Å²) in [4.78, 5) is 10.9. The second kappa shape index (κ2) is 4.75. The first-order valence-corrected chi connectivity index (χ1v) is 6.65. The van der Waals surface area contributed by atoms with Crippen molar-refractivity contribution in [2.45, 2.75) is 57.9 Å². The third-order valence-corrected chi connectivity index (χ3v) is 3.89. The Labute approximate surface area is 108 Å². The van der Waals surface area contributed by atoms with Crippen LogP contribution in [0.2, 0.25) is 0 Å². The molecule has 0 radical (unpaired) electrons. The molecule has 0 bridgehead atoms. The minimum absolute atomic E-state index is 0.122. The predicted octanol–water partition coefficient (Wildman–Crippen LogP) is 3.00. The van der Waals surface area contributed by atoms with Gasteiger partial charge in [-0.25, -0.2) is 0 Å². The molecule has 1 fully saturated rings. The van der Waals surface area contributed by atoms with Gasteiger partial charge in [-0.15, -0.1) is 0 Å². The highest BCUT2D eigenvalue weighted by Crippen LogP contribution is 2.33. The number of carboxylic acid groups (broad SMARTS) is 1. The number of hydrogen-bond acceptors (Lipinski definition) is 2. The molecule has 4 heteroatoms. The van der Waals surface area contributed by atoms with Crippen molar-refractivity contribution in [3.05, 3.63) is 18.0 Å². The van der Waals surface area contributed by atoms with E-state index in [0.29, 0.717) is 6.04 Å². The molecule has 0 atom stereocenters. The minimum atomic E-state index is -0.649. The molecular formula is C14H22N2O2. The first-order valence-electron chi connectivity index (χ1n) is 6.65. The number of carbonyl (C=O) groups is 1. The maximum Gasteiger partial charge on any atom is 0.306 e. The van der Waals surface area contributed by atoms with Crippen molar-refractivity contribution < 1.29 is 9.90 Å². The first-order chi connectivity index (χ1) is 8.38. The number of aromatic nitrogens is 2. The van der Waals surface area contributed by atoms with Crippen molar-refractivity contribution in [3.63, 3.8) is 0 Å². The zero-order valence-corrected chi connectivity index (χ0v) is 11.4. The Morgan fingerprint density at radius 3 is 2.39 bits per heavy atom. The van der Waals surface area contributed by atoms with Crippen LogP contribution in [0.5, 0.6) is 0 Å². The minimum Gasteiger partial charge on any atom is -0.481 e. The Morgan fingerprint density at radius 2 is 1.94 bits per heavy atom. The van der Waals surface area contributed by atoms with Crippen molar-refractivity contribution in [1.29, 1.82) is 0 Å². The lowest BCUT2D eigenvalue weighted by atomic mass is 9.86. The van der Waals surface area contributed by atoms with E-state index in [-0.39, 0.29) is 11.3 Å². The third kappa shape index (κ3) is 2.74. The second-order valence-corrected chi connectivity index (χ2v) is 6.30. The summed E-state index contributed by atoms with van der Waals surface area (Å²) < 4.78 is 2.03. The van der Waals surface area contributed by atoms with Gasteiger partial charge in [0.1, 0.15) is 0 Å². The van der Waals surface area contributed by atoms with E-state index in [0.717, 1.165) is 25.7 Å². The number of carboxylic acids is 1. The molecule has 0 saturated heterocycles. The molecule has 100 valence electrons.